The fourth-order valence-electron chi connectivity index (χ4n) is 3.53. The Hall–Kier alpha value is -3.54. The van der Waals surface area contributed by atoms with Gasteiger partial charge in [0.2, 0.25) is 0 Å². The van der Waals surface area contributed by atoms with Crippen LogP contribution in [-0.4, -0.2) is 24.9 Å². The minimum absolute atomic E-state index is 0.196. The molecule has 2 aromatic carbocycles. The van der Waals surface area contributed by atoms with Crippen molar-refractivity contribution in [3.8, 4) is 0 Å². The number of piperidine rings is 1. The van der Waals surface area contributed by atoms with Crippen molar-refractivity contribution in [1.82, 2.24) is 0 Å². The number of carbonyl (C=O) groups is 2. The van der Waals surface area contributed by atoms with Gasteiger partial charge in [-0.3, -0.25) is 9.59 Å². The Morgan fingerprint density at radius 3 is 2.07 bits per heavy atom. The van der Waals surface area contributed by atoms with Gasteiger partial charge in [-0.1, -0.05) is 6.92 Å². The number of hydrogen-bond acceptors (Lipinski definition) is 4. The van der Waals surface area contributed by atoms with E-state index in [1.165, 1.54) is 24.8 Å². The van der Waals surface area contributed by atoms with E-state index in [-0.39, 0.29) is 17.6 Å². The van der Waals surface area contributed by atoms with Crippen LogP contribution in [0.15, 0.2) is 71.3 Å². The zero-order chi connectivity index (χ0) is 20.9. The summed E-state index contributed by atoms with van der Waals surface area (Å²) in [6.07, 6.45) is 3.88. The summed E-state index contributed by atoms with van der Waals surface area (Å²) >= 11 is 0. The van der Waals surface area contributed by atoms with Crippen molar-refractivity contribution in [1.29, 1.82) is 0 Å². The van der Waals surface area contributed by atoms with Crippen LogP contribution >= 0.6 is 0 Å². The number of hydrogen-bond donors (Lipinski definition) is 2. The highest BCUT2D eigenvalue weighted by Crippen LogP contribution is 2.24. The molecule has 0 spiro atoms. The number of carbonyl (C=O) groups excluding carboxylic acids is 2. The molecule has 2 heterocycles. The van der Waals surface area contributed by atoms with E-state index in [0.717, 1.165) is 24.7 Å². The lowest BCUT2D eigenvalue weighted by Gasteiger charge is -2.32. The molecule has 0 bridgehead atoms. The van der Waals surface area contributed by atoms with Gasteiger partial charge in [-0.25, -0.2) is 0 Å². The molecule has 0 atom stereocenters. The van der Waals surface area contributed by atoms with Crippen LogP contribution in [-0.2, 0) is 0 Å². The van der Waals surface area contributed by atoms with E-state index >= 15 is 0 Å². The van der Waals surface area contributed by atoms with Gasteiger partial charge in [0, 0.05) is 35.7 Å². The van der Waals surface area contributed by atoms with Crippen molar-refractivity contribution >= 4 is 28.9 Å². The highest BCUT2D eigenvalue weighted by atomic mass is 16.3. The predicted octanol–water partition coefficient (Wildman–Crippen LogP) is 5.02. The minimum atomic E-state index is -0.333. The fraction of sp³-hybridized carbons (Fsp3) is 0.250. The lowest BCUT2D eigenvalue weighted by Crippen LogP contribution is -2.32. The molecule has 0 aliphatic carbocycles. The molecule has 2 N–H and O–H groups in total. The van der Waals surface area contributed by atoms with E-state index < -0.39 is 0 Å². The molecule has 0 saturated carbocycles. The number of nitrogens with one attached hydrogen (secondary N) is 2. The topological polar surface area (TPSA) is 74.6 Å². The maximum atomic E-state index is 12.5. The van der Waals surface area contributed by atoms with Crippen LogP contribution in [0, 0.1) is 5.92 Å². The van der Waals surface area contributed by atoms with E-state index in [1.807, 2.05) is 12.1 Å². The Morgan fingerprint density at radius 1 is 0.867 bits per heavy atom. The summed E-state index contributed by atoms with van der Waals surface area (Å²) in [6, 6.07) is 18.0. The van der Waals surface area contributed by atoms with Gasteiger partial charge < -0.3 is 20.0 Å². The number of nitrogens with zero attached hydrogens (tertiary/aromatic N) is 1. The molecule has 4 rings (SSSR count). The van der Waals surface area contributed by atoms with Crippen LogP contribution < -0.4 is 15.5 Å². The highest BCUT2D eigenvalue weighted by Gasteiger charge is 2.16. The van der Waals surface area contributed by atoms with E-state index in [1.54, 1.807) is 36.4 Å². The molecule has 3 aromatic rings. The second-order valence-corrected chi connectivity index (χ2v) is 7.68. The Bertz CT molecular complexity index is 987. The van der Waals surface area contributed by atoms with E-state index in [4.69, 9.17) is 4.42 Å². The van der Waals surface area contributed by atoms with Crippen molar-refractivity contribution in [3.63, 3.8) is 0 Å². The molecule has 6 heteroatoms. The summed E-state index contributed by atoms with van der Waals surface area (Å²) in [5, 5.41) is 5.65. The first-order valence-electron chi connectivity index (χ1n) is 10.2. The molecule has 1 aliphatic heterocycles. The van der Waals surface area contributed by atoms with Crippen LogP contribution in [0.3, 0.4) is 0 Å². The van der Waals surface area contributed by atoms with Crippen molar-refractivity contribution in [2.24, 2.45) is 5.92 Å². The van der Waals surface area contributed by atoms with E-state index in [0.29, 0.717) is 11.3 Å². The Balaban J connectivity index is 1.34. The standard InChI is InChI=1S/C24H25N3O3/c1-17-12-14-27(15-13-17)21-10-8-20(9-11-21)25-23(28)18-4-6-19(7-5-18)26-24(29)22-3-2-16-30-22/h2-11,16-17H,12-15H2,1H3,(H,25,28)(H,26,29). The van der Waals surface area contributed by atoms with Crippen molar-refractivity contribution in [2.75, 3.05) is 28.6 Å². The summed E-state index contributed by atoms with van der Waals surface area (Å²) < 4.78 is 5.07. The Morgan fingerprint density at radius 2 is 1.47 bits per heavy atom. The lowest BCUT2D eigenvalue weighted by molar-refractivity contribution is 0.0995. The van der Waals surface area contributed by atoms with Gasteiger partial charge in [0.15, 0.2) is 5.76 Å². The molecule has 0 unspecified atom stereocenters. The quantitative estimate of drug-likeness (QED) is 0.627. The van der Waals surface area contributed by atoms with Crippen LogP contribution in [0.1, 0.15) is 40.7 Å². The number of amides is 2. The third-order valence-corrected chi connectivity index (χ3v) is 5.42. The predicted molar refractivity (Wildman–Crippen MR) is 118 cm³/mol. The van der Waals surface area contributed by atoms with Crippen molar-refractivity contribution < 1.29 is 14.0 Å². The average molecular weight is 403 g/mol. The highest BCUT2D eigenvalue weighted by molar-refractivity contribution is 6.05. The Labute approximate surface area is 175 Å². The molecule has 1 aromatic heterocycles. The maximum Gasteiger partial charge on any atom is 0.291 e. The van der Waals surface area contributed by atoms with Gasteiger partial charge in [-0.2, -0.15) is 0 Å². The molecule has 1 fully saturated rings. The van der Waals surface area contributed by atoms with Gasteiger partial charge in [0.25, 0.3) is 11.8 Å². The van der Waals surface area contributed by atoms with Gasteiger partial charge in [-0.05, 0) is 79.4 Å². The van der Waals surface area contributed by atoms with Gasteiger partial charge in [0.05, 0.1) is 6.26 Å². The summed E-state index contributed by atoms with van der Waals surface area (Å²) in [6.45, 7) is 4.46. The SMILES string of the molecule is CC1CCN(c2ccc(NC(=O)c3ccc(NC(=O)c4ccco4)cc3)cc2)CC1. The van der Waals surface area contributed by atoms with Crippen molar-refractivity contribution in [2.45, 2.75) is 19.8 Å². The molecule has 1 aliphatic rings. The van der Waals surface area contributed by atoms with E-state index in [2.05, 4.69) is 34.6 Å². The number of benzene rings is 2. The first kappa shape index (κ1) is 19.8. The second kappa shape index (κ2) is 8.86. The molecule has 30 heavy (non-hydrogen) atoms. The zero-order valence-electron chi connectivity index (χ0n) is 16.9. The van der Waals surface area contributed by atoms with Gasteiger partial charge in [0.1, 0.15) is 0 Å². The summed E-state index contributed by atoms with van der Waals surface area (Å²) in [7, 11) is 0. The van der Waals surface area contributed by atoms with Gasteiger partial charge >= 0.3 is 0 Å². The van der Waals surface area contributed by atoms with Crippen LogP contribution in [0.4, 0.5) is 17.1 Å². The first-order valence-corrected chi connectivity index (χ1v) is 10.2. The van der Waals surface area contributed by atoms with Crippen molar-refractivity contribution in [3.05, 3.63) is 78.3 Å². The van der Waals surface area contributed by atoms with Gasteiger partial charge in [-0.15, -0.1) is 0 Å². The molecular weight excluding hydrogens is 378 g/mol. The normalized spacial score (nSPS) is 14.4. The van der Waals surface area contributed by atoms with E-state index in [9.17, 15) is 9.59 Å². The van der Waals surface area contributed by atoms with Crippen LogP contribution in [0.25, 0.3) is 0 Å². The summed E-state index contributed by atoms with van der Waals surface area (Å²) in [5.74, 6) is 0.503. The summed E-state index contributed by atoms with van der Waals surface area (Å²) in [4.78, 5) is 26.9. The minimum Gasteiger partial charge on any atom is -0.459 e. The smallest absolute Gasteiger partial charge is 0.291 e. The molecule has 154 valence electrons. The molecular formula is C24H25N3O3. The van der Waals surface area contributed by atoms with Crippen LogP contribution in [0.5, 0.6) is 0 Å². The van der Waals surface area contributed by atoms with Crippen LogP contribution in [0.2, 0.25) is 0 Å². The zero-order valence-corrected chi connectivity index (χ0v) is 16.9. The third-order valence-electron chi connectivity index (χ3n) is 5.42. The second-order valence-electron chi connectivity index (χ2n) is 7.68. The monoisotopic (exact) mass is 403 g/mol. The molecule has 2 amide bonds. The average Bonchev–Trinajstić information content (AvgIpc) is 3.31. The fourth-order valence-corrected chi connectivity index (χ4v) is 3.53. The first-order chi connectivity index (χ1) is 14.6. The third kappa shape index (κ3) is 4.71. The number of anilines is 3. The Kier molecular flexibility index (Phi) is 5.84. The lowest BCUT2D eigenvalue weighted by atomic mass is 9.99. The molecule has 0 radical (unpaired) electrons. The molecule has 1 saturated heterocycles. The summed E-state index contributed by atoms with van der Waals surface area (Å²) in [5.41, 5.74) is 3.05. The number of rotatable bonds is 5. The molecule has 6 nitrogen and oxygen atoms in total. The maximum absolute atomic E-state index is 12.5. The largest absolute Gasteiger partial charge is 0.459 e. The number of furan rings is 1.